The van der Waals surface area contributed by atoms with Crippen molar-refractivity contribution in [2.45, 2.75) is 0 Å². The number of amides is 1. The van der Waals surface area contributed by atoms with Crippen molar-refractivity contribution in [2.24, 2.45) is 0 Å². The highest BCUT2D eigenvalue weighted by Crippen LogP contribution is 2.28. The summed E-state index contributed by atoms with van der Waals surface area (Å²) in [6.07, 6.45) is 0. The summed E-state index contributed by atoms with van der Waals surface area (Å²) in [7, 11) is 0. The minimum Gasteiger partial charge on any atom is -0.362 e. The quantitative estimate of drug-likeness (QED) is 0.596. The highest BCUT2D eigenvalue weighted by Gasteiger charge is 2.25. The van der Waals surface area contributed by atoms with E-state index in [9.17, 15) is 14.9 Å². The molecule has 7 heteroatoms. The van der Waals surface area contributed by atoms with Gasteiger partial charge in [-0.2, -0.15) is 0 Å². The molecule has 6 nitrogen and oxygen atoms in total. The lowest BCUT2D eigenvalue weighted by Gasteiger charge is -2.35. The van der Waals surface area contributed by atoms with E-state index in [1.165, 1.54) is 6.07 Å². The Bertz CT molecular complexity index is 756. The fraction of sp³-hybridized carbons (Fsp3) is 0.235. The summed E-state index contributed by atoms with van der Waals surface area (Å²) in [6.45, 7) is 2.24. The molecule has 3 rings (SSSR count). The highest BCUT2D eigenvalue weighted by molar-refractivity contribution is 9.10. The number of anilines is 1. The summed E-state index contributed by atoms with van der Waals surface area (Å²) in [5.74, 6) is -0.00953. The second-order valence-electron chi connectivity index (χ2n) is 5.53. The normalized spacial score (nSPS) is 14.5. The van der Waals surface area contributed by atoms with Gasteiger partial charge in [-0.25, -0.2) is 0 Å². The van der Waals surface area contributed by atoms with Crippen LogP contribution >= 0.6 is 15.9 Å². The molecule has 0 aliphatic carbocycles. The van der Waals surface area contributed by atoms with Crippen molar-refractivity contribution in [2.75, 3.05) is 31.1 Å². The molecule has 1 heterocycles. The Morgan fingerprint density at radius 2 is 1.62 bits per heavy atom. The molecule has 124 valence electrons. The maximum absolute atomic E-state index is 12.5. The van der Waals surface area contributed by atoms with Gasteiger partial charge < -0.3 is 9.80 Å². The Balaban J connectivity index is 1.69. The van der Waals surface area contributed by atoms with Crippen LogP contribution in [0.25, 0.3) is 0 Å². The molecule has 0 spiro atoms. The molecule has 1 aliphatic rings. The topological polar surface area (TPSA) is 66.7 Å². The summed E-state index contributed by atoms with van der Waals surface area (Å²) >= 11 is 3.36. The maximum atomic E-state index is 12.5. The second kappa shape index (κ2) is 7.00. The van der Waals surface area contributed by atoms with Crippen molar-refractivity contribution in [3.63, 3.8) is 0 Å². The van der Waals surface area contributed by atoms with Crippen LogP contribution in [0.5, 0.6) is 0 Å². The van der Waals surface area contributed by atoms with E-state index in [0.29, 0.717) is 37.4 Å². The van der Waals surface area contributed by atoms with E-state index in [1.807, 2.05) is 17.0 Å². The van der Waals surface area contributed by atoms with Crippen LogP contribution in [0, 0.1) is 10.1 Å². The van der Waals surface area contributed by atoms with Gasteiger partial charge in [0, 0.05) is 42.3 Å². The first-order valence-corrected chi connectivity index (χ1v) is 8.39. The molecule has 0 N–H and O–H groups in total. The van der Waals surface area contributed by atoms with Crippen LogP contribution in [0.2, 0.25) is 0 Å². The molecule has 1 amide bonds. The van der Waals surface area contributed by atoms with Crippen molar-refractivity contribution in [3.05, 3.63) is 68.7 Å². The molecule has 2 aromatic rings. The SMILES string of the molecule is O=C(c1ccc(Br)cc1)N1CCN(c2ccccc2[N+](=O)[O-])CC1. The predicted molar refractivity (Wildman–Crippen MR) is 95.4 cm³/mol. The maximum Gasteiger partial charge on any atom is 0.292 e. The van der Waals surface area contributed by atoms with Gasteiger partial charge in [0.25, 0.3) is 11.6 Å². The smallest absolute Gasteiger partial charge is 0.292 e. The molecule has 0 atom stereocenters. The fourth-order valence-electron chi connectivity index (χ4n) is 2.81. The van der Waals surface area contributed by atoms with E-state index >= 15 is 0 Å². The molecule has 0 radical (unpaired) electrons. The number of carbonyl (C=O) groups excluding carboxylic acids is 1. The minimum absolute atomic E-state index is 0.00953. The number of hydrogen-bond donors (Lipinski definition) is 0. The van der Waals surface area contributed by atoms with Gasteiger partial charge in [0.15, 0.2) is 0 Å². The van der Waals surface area contributed by atoms with E-state index in [1.54, 1.807) is 35.2 Å². The van der Waals surface area contributed by atoms with Gasteiger partial charge in [-0.15, -0.1) is 0 Å². The monoisotopic (exact) mass is 389 g/mol. The molecule has 2 aromatic carbocycles. The molecular formula is C17H16BrN3O3. The fourth-order valence-corrected chi connectivity index (χ4v) is 3.08. The molecule has 1 saturated heterocycles. The van der Waals surface area contributed by atoms with E-state index in [4.69, 9.17) is 0 Å². The average molecular weight is 390 g/mol. The summed E-state index contributed by atoms with van der Waals surface area (Å²) in [6, 6.07) is 14.0. The largest absolute Gasteiger partial charge is 0.362 e. The Morgan fingerprint density at radius 3 is 2.25 bits per heavy atom. The average Bonchev–Trinajstić information content (AvgIpc) is 2.62. The lowest BCUT2D eigenvalue weighted by atomic mass is 10.1. The van der Waals surface area contributed by atoms with Gasteiger partial charge >= 0.3 is 0 Å². The number of benzene rings is 2. The molecule has 0 unspecified atom stereocenters. The molecule has 0 aromatic heterocycles. The van der Waals surface area contributed by atoms with Crippen molar-refractivity contribution in [3.8, 4) is 0 Å². The third-order valence-corrected chi connectivity index (χ3v) is 4.61. The standard InChI is InChI=1S/C17H16BrN3O3/c18-14-7-5-13(6-8-14)17(22)20-11-9-19(10-12-20)15-3-1-2-4-16(15)21(23)24/h1-8H,9-12H2. The van der Waals surface area contributed by atoms with Crippen LogP contribution in [-0.2, 0) is 0 Å². The number of piperazine rings is 1. The molecule has 0 saturated carbocycles. The van der Waals surface area contributed by atoms with Crippen molar-refractivity contribution >= 4 is 33.2 Å². The third-order valence-electron chi connectivity index (χ3n) is 4.08. The summed E-state index contributed by atoms with van der Waals surface area (Å²) in [5.41, 5.74) is 1.36. The van der Waals surface area contributed by atoms with Gasteiger partial charge in [-0.05, 0) is 30.3 Å². The summed E-state index contributed by atoms with van der Waals surface area (Å²) < 4.78 is 0.931. The van der Waals surface area contributed by atoms with Gasteiger partial charge in [0.2, 0.25) is 0 Å². The van der Waals surface area contributed by atoms with E-state index < -0.39 is 0 Å². The van der Waals surface area contributed by atoms with Gasteiger partial charge in [-0.1, -0.05) is 28.1 Å². The van der Waals surface area contributed by atoms with Crippen LogP contribution in [0.1, 0.15) is 10.4 Å². The number of para-hydroxylation sites is 2. The summed E-state index contributed by atoms with van der Waals surface area (Å²) in [5, 5.41) is 11.2. The number of halogens is 1. The Hall–Kier alpha value is -2.41. The van der Waals surface area contributed by atoms with Crippen LogP contribution in [0.3, 0.4) is 0 Å². The van der Waals surface area contributed by atoms with Gasteiger partial charge in [0.1, 0.15) is 5.69 Å². The zero-order valence-electron chi connectivity index (χ0n) is 12.9. The first-order chi connectivity index (χ1) is 11.6. The lowest BCUT2D eigenvalue weighted by molar-refractivity contribution is -0.384. The molecule has 1 fully saturated rings. The van der Waals surface area contributed by atoms with Crippen LogP contribution in [0.4, 0.5) is 11.4 Å². The first-order valence-electron chi connectivity index (χ1n) is 7.59. The highest BCUT2D eigenvalue weighted by atomic mass is 79.9. The van der Waals surface area contributed by atoms with Crippen molar-refractivity contribution in [1.82, 2.24) is 4.90 Å². The van der Waals surface area contributed by atoms with E-state index in [-0.39, 0.29) is 16.5 Å². The van der Waals surface area contributed by atoms with Crippen LogP contribution in [-0.4, -0.2) is 41.9 Å². The number of nitro benzene ring substituents is 1. The van der Waals surface area contributed by atoms with Crippen LogP contribution < -0.4 is 4.90 Å². The van der Waals surface area contributed by atoms with Crippen LogP contribution in [0.15, 0.2) is 53.0 Å². The first kappa shape index (κ1) is 16.4. The Labute approximate surface area is 148 Å². The minimum atomic E-state index is -0.366. The van der Waals surface area contributed by atoms with Gasteiger partial charge in [-0.3, -0.25) is 14.9 Å². The number of carbonyl (C=O) groups is 1. The predicted octanol–water partition coefficient (Wildman–Crippen LogP) is 3.32. The van der Waals surface area contributed by atoms with Crippen molar-refractivity contribution < 1.29 is 9.72 Å². The van der Waals surface area contributed by atoms with E-state index in [2.05, 4.69) is 15.9 Å². The van der Waals surface area contributed by atoms with Crippen molar-refractivity contribution in [1.29, 1.82) is 0 Å². The van der Waals surface area contributed by atoms with E-state index in [0.717, 1.165) is 4.47 Å². The molecule has 1 aliphatic heterocycles. The number of hydrogen-bond acceptors (Lipinski definition) is 4. The second-order valence-corrected chi connectivity index (χ2v) is 6.45. The van der Waals surface area contributed by atoms with Gasteiger partial charge in [0.05, 0.1) is 4.92 Å². The zero-order chi connectivity index (χ0) is 17.1. The zero-order valence-corrected chi connectivity index (χ0v) is 14.5. The summed E-state index contributed by atoms with van der Waals surface area (Å²) in [4.78, 5) is 27.1. The molecule has 0 bridgehead atoms. The Kier molecular flexibility index (Phi) is 4.80. The lowest BCUT2D eigenvalue weighted by Crippen LogP contribution is -2.48. The number of rotatable bonds is 3. The Morgan fingerprint density at radius 1 is 1.00 bits per heavy atom. The number of nitro groups is 1. The molecular weight excluding hydrogens is 374 g/mol. The third kappa shape index (κ3) is 3.41. The molecule has 24 heavy (non-hydrogen) atoms. The number of nitrogens with zero attached hydrogens (tertiary/aromatic N) is 3.